The third kappa shape index (κ3) is 2.66. The van der Waals surface area contributed by atoms with E-state index in [1.54, 1.807) is 0 Å². The molecule has 1 aliphatic heterocycles. The predicted octanol–water partition coefficient (Wildman–Crippen LogP) is 2.87. The quantitative estimate of drug-likeness (QED) is 0.907. The highest BCUT2D eigenvalue weighted by molar-refractivity contribution is 5.39. The minimum absolute atomic E-state index is 0.189. The Morgan fingerprint density at radius 1 is 1.08 bits per heavy atom. The first-order valence-electron chi connectivity index (χ1n) is 8.60. The molecule has 2 aliphatic rings. The largest absolute Gasteiger partial charge is 0.383 e. The molecule has 4 rings (SSSR count). The van der Waals surface area contributed by atoms with Crippen LogP contribution in [0.3, 0.4) is 0 Å². The SMILES string of the molecule is ON1CC[C@H](OCc2ccccc2)[C@@H]1C1(O)CCc2ccccc21. The van der Waals surface area contributed by atoms with Crippen LogP contribution < -0.4 is 0 Å². The van der Waals surface area contributed by atoms with Crippen molar-refractivity contribution >= 4 is 0 Å². The van der Waals surface area contributed by atoms with Gasteiger partial charge in [-0.2, -0.15) is 5.06 Å². The Hall–Kier alpha value is -1.72. The molecule has 2 aromatic carbocycles. The molecule has 4 heteroatoms. The zero-order valence-corrected chi connectivity index (χ0v) is 13.6. The standard InChI is InChI=1S/C20H23NO3/c22-20(12-10-16-8-4-5-9-17(16)20)19-18(11-13-21(19)23)24-14-15-6-2-1-3-7-15/h1-9,18-19,22-23H,10-14H2/t18-,19+,20?/m0/s1. The van der Waals surface area contributed by atoms with Gasteiger partial charge in [-0.1, -0.05) is 54.6 Å². The van der Waals surface area contributed by atoms with Gasteiger partial charge < -0.3 is 15.1 Å². The van der Waals surface area contributed by atoms with Crippen molar-refractivity contribution in [3.8, 4) is 0 Å². The molecule has 1 aliphatic carbocycles. The second-order valence-corrected chi connectivity index (χ2v) is 6.81. The summed E-state index contributed by atoms with van der Waals surface area (Å²) in [4.78, 5) is 0. The number of fused-ring (bicyclic) bond motifs is 1. The molecule has 0 radical (unpaired) electrons. The van der Waals surface area contributed by atoms with Crippen LogP contribution >= 0.6 is 0 Å². The molecule has 1 unspecified atom stereocenters. The predicted molar refractivity (Wildman–Crippen MR) is 90.6 cm³/mol. The Morgan fingerprint density at radius 3 is 2.67 bits per heavy atom. The summed E-state index contributed by atoms with van der Waals surface area (Å²) in [5.41, 5.74) is 2.15. The Bertz CT molecular complexity index is 705. The summed E-state index contributed by atoms with van der Waals surface area (Å²) in [6, 6.07) is 17.6. The van der Waals surface area contributed by atoms with Crippen molar-refractivity contribution in [1.29, 1.82) is 0 Å². The first-order valence-corrected chi connectivity index (χ1v) is 8.60. The number of aliphatic hydroxyl groups is 1. The molecule has 4 nitrogen and oxygen atoms in total. The lowest BCUT2D eigenvalue weighted by atomic mass is 9.85. The summed E-state index contributed by atoms with van der Waals surface area (Å²) in [6.07, 6.45) is 1.99. The Labute approximate surface area is 142 Å². The van der Waals surface area contributed by atoms with Crippen molar-refractivity contribution < 1.29 is 15.1 Å². The maximum Gasteiger partial charge on any atom is 0.110 e. The van der Waals surface area contributed by atoms with Crippen LogP contribution in [0, 0.1) is 0 Å². The molecular formula is C20H23NO3. The maximum atomic E-state index is 11.4. The minimum Gasteiger partial charge on any atom is -0.383 e. The third-order valence-electron chi connectivity index (χ3n) is 5.37. The number of rotatable bonds is 4. The van der Waals surface area contributed by atoms with Crippen molar-refractivity contribution in [3.05, 3.63) is 71.3 Å². The van der Waals surface area contributed by atoms with Crippen LogP contribution in [0.1, 0.15) is 29.5 Å². The smallest absolute Gasteiger partial charge is 0.110 e. The van der Waals surface area contributed by atoms with Gasteiger partial charge in [0.25, 0.3) is 0 Å². The van der Waals surface area contributed by atoms with E-state index in [1.165, 1.54) is 10.6 Å². The van der Waals surface area contributed by atoms with Crippen LogP contribution in [0.5, 0.6) is 0 Å². The summed E-state index contributed by atoms with van der Waals surface area (Å²) in [5, 5.41) is 23.1. The van der Waals surface area contributed by atoms with Crippen LogP contribution in [-0.4, -0.2) is 34.1 Å². The summed E-state index contributed by atoms with van der Waals surface area (Å²) < 4.78 is 6.10. The van der Waals surface area contributed by atoms with E-state index in [2.05, 4.69) is 6.07 Å². The van der Waals surface area contributed by atoms with E-state index >= 15 is 0 Å². The minimum atomic E-state index is -1.05. The van der Waals surface area contributed by atoms with E-state index in [0.29, 0.717) is 19.6 Å². The first kappa shape index (κ1) is 15.8. The van der Waals surface area contributed by atoms with Crippen molar-refractivity contribution in [2.45, 2.75) is 43.6 Å². The normalized spacial score (nSPS) is 29.8. The highest BCUT2D eigenvalue weighted by atomic mass is 16.5. The van der Waals surface area contributed by atoms with E-state index < -0.39 is 11.6 Å². The number of aryl methyl sites for hydroxylation is 1. The molecule has 3 atom stereocenters. The van der Waals surface area contributed by atoms with Crippen LogP contribution in [0.25, 0.3) is 0 Å². The van der Waals surface area contributed by atoms with Gasteiger partial charge in [-0.15, -0.1) is 0 Å². The fourth-order valence-corrected chi connectivity index (χ4v) is 4.18. The Morgan fingerprint density at radius 2 is 1.83 bits per heavy atom. The molecule has 24 heavy (non-hydrogen) atoms. The zero-order chi connectivity index (χ0) is 16.6. The van der Waals surface area contributed by atoms with Gasteiger partial charge in [0.05, 0.1) is 18.8 Å². The molecule has 1 fully saturated rings. The molecule has 0 spiro atoms. The van der Waals surface area contributed by atoms with Crippen LogP contribution in [0.4, 0.5) is 0 Å². The number of ether oxygens (including phenoxy) is 1. The second-order valence-electron chi connectivity index (χ2n) is 6.81. The number of benzene rings is 2. The molecule has 0 bridgehead atoms. The zero-order valence-electron chi connectivity index (χ0n) is 13.6. The van der Waals surface area contributed by atoms with Gasteiger partial charge in [0.1, 0.15) is 5.60 Å². The van der Waals surface area contributed by atoms with Gasteiger partial charge in [-0.05, 0) is 36.0 Å². The summed E-state index contributed by atoms with van der Waals surface area (Å²) >= 11 is 0. The molecule has 0 amide bonds. The molecule has 1 saturated heterocycles. The first-order chi connectivity index (χ1) is 11.7. The lowest BCUT2D eigenvalue weighted by Gasteiger charge is -2.37. The molecule has 126 valence electrons. The van der Waals surface area contributed by atoms with Crippen molar-refractivity contribution in [2.75, 3.05) is 6.54 Å². The van der Waals surface area contributed by atoms with E-state index in [4.69, 9.17) is 4.74 Å². The lowest BCUT2D eigenvalue weighted by Crippen LogP contribution is -2.50. The lowest BCUT2D eigenvalue weighted by molar-refractivity contribution is -0.191. The Kier molecular flexibility index (Phi) is 4.14. The molecular weight excluding hydrogens is 302 g/mol. The van der Waals surface area contributed by atoms with E-state index in [9.17, 15) is 10.3 Å². The van der Waals surface area contributed by atoms with E-state index in [1.807, 2.05) is 48.5 Å². The molecule has 0 saturated carbocycles. The monoisotopic (exact) mass is 325 g/mol. The molecule has 1 heterocycles. The number of hydroxylamine groups is 2. The third-order valence-corrected chi connectivity index (χ3v) is 5.37. The van der Waals surface area contributed by atoms with Gasteiger partial charge in [-0.3, -0.25) is 0 Å². The van der Waals surface area contributed by atoms with Gasteiger partial charge in [0, 0.05) is 6.54 Å². The summed E-state index contributed by atoms with van der Waals surface area (Å²) in [6.45, 7) is 1.02. The van der Waals surface area contributed by atoms with Crippen LogP contribution in [-0.2, 0) is 23.4 Å². The number of hydrogen-bond acceptors (Lipinski definition) is 4. The second kappa shape index (κ2) is 6.30. The highest BCUT2D eigenvalue weighted by Gasteiger charge is 2.52. The number of nitrogens with zero attached hydrogens (tertiary/aromatic N) is 1. The molecule has 0 aromatic heterocycles. The van der Waals surface area contributed by atoms with Crippen molar-refractivity contribution in [3.63, 3.8) is 0 Å². The van der Waals surface area contributed by atoms with Gasteiger partial charge in [-0.25, -0.2) is 0 Å². The maximum absolute atomic E-state index is 11.4. The summed E-state index contributed by atoms with van der Waals surface area (Å²) in [5.74, 6) is 0. The van der Waals surface area contributed by atoms with E-state index in [0.717, 1.165) is 24.0 Å². The average molecular weight is 325 g/mol. The van der Waals surface area contributed by atoms with Crippen molar-refractivity contribution in [1.82, 2.24) is 5.06 Å². The van der Waals surface area contributed by atoms with Gasteiger partial charge in [0.15, 0.2) is 0 Å². The molecule has 2 aromatic rings. The average Bonchev–Trinajstić information content (AvgIpc) is 3.16. The van der Waals surface area contributed by atoms with E-state index in [-0.39, 0.29) is 6.10 Å². The number of hydrogen-bond donors (Lipinski definition) is 2. The summed E-state index contributed by atoms with van der Waals surface area (Å²) in [7, 11) is 0. The molecule has 2 N–H and O–H groups in total. The van der Waals surface area contributed by atoms with Gasteiger partial charge in [0.2, 0.25) is 0 Å². The van der Waals surface area contributed by atoms with Gasteiger partial charge >= 0.3 is 0 Å². The fourth-order valence-electron chi connectivity index (χ4n) is 4.18. The highest BCUT2D eigenvalue weighted by Crippen LogP contribution is 2.44. The van der Waals surface area contributed by atoms with Crippen LogP contribution in [0.2, 0.25) is 0 Å². The topological polar surface area (TPSA) is 52.9 Å². The Balaban J connectivity index is 1.56. The van der Waals surface area contributed by atoms with Crippen molar-refractivity contribution in [2.24, 2.45) is 0 Å². The fraction of sp³-hybridized carbons (Fsp3) is 0.400. The van der Waals surface area contributed by atoms with Crippen LogP contribution in [0.15, 0.2) is 54.6 Å².